The van der Waals surface area contributed by atoms with E-state index < -0.39 is 0 Å². The van der Waals surface area contributed by atoms with Gasteiger partial charge in [0.1, 0.15) is 5.75 Å². The molecule has 1 aromatic carbocycles. The van der Waals surface area contributed by atoms with Crippen LogP contribution >= 0.6 is 0 Å². The van der Waals surface area contributed by atoms with Crippen molar-refractivity contribution in [3.8, 4) is 5.75 Å². The highest BCUT2D eigenvalue weighted by Crippen LogP contribution is 2.28. The van der Waals surface area contributed by atoms with Crippen LogP contribution in [0.3, 0.4) is 0 Å². The molecule has 1 atom stereocenters. The van der Waals surface area contributed by atoms with E-state index in [0.29, 0.717) is 11.3 Å². The lowest BCUT2D eigenvalue weighted by Gasteiger charge is -2.13. The van der Waals surface area contributed by atoms with Gasteiger partial charge < -0.3 is 22.3 Å². The van der Waals surface area contributed by atoms with Gasteiger partial charge in [0.25, 0.3) is 0 Å². The first kappa shape index (κ1) is 9.83. The van der Waals surface area contributed by atoms with Crippen molar-refractivity contribution in [1.29, 1.82) is 0 Å². The van der Waals surface area contributed by atoms with Crippen molar-refractivity contribution >= 4 is 5.69 Å². The van der Waals surface area contributed by atoms with E-state index in [0.717, 1.165) is 5.56 Å². The molecule has 0 aliphatic rings. The van der Waals surface area contributed by atoms with Crippen LogP contribution in [-0.2, 0) is 0 Å². The van der Waals surface area contributed by atoms with E-state index in [4.69, 9.17) is 17.2 Å². The van der Waals surface area contributed by atoms with E-state index >= 15 is 0 Å². The summed E-state index contributed by atoms with van der Waals surface area (Å²) in [5.41, 5.74) is 18.6. The average molecular weight is 181 g/mol. The van der Waals surface area contributed by atoms with Crippen LogP contribution in [0.5, 0.6) is 5.75 Å². The maximum Gasteiger partial charge on any atom is 0.123 e. The molecule has 0 bridgehead atoms. The van der Waals surface area contributed by atoms with Gasteiger partial charge in [-0.1, -0.05) is 0 Å². The standard InChI is InChI=1S/C9H15N3O/c1-5-2-6(11)3-7(9(5)13)8(12)4-10/h2-3,8,13H,4,10-12H2,1H3/t8-/m1/s1. The SMILES string of the molecule is Cc1cc(N)cc([C@H](N)CN)c1O. The summed E-state index contributed by atoms with van der Waals surface area (Å²) in [7, 11) is 0. The first-order valence-corrected chi connectivity index (χ1v) is 4.11. The highest BCUT2D eigenvalue weighted by molar-refractivity contribution is 5.53. The number of hydrogen-bond acceptors (Lipinski definition) is 4. The van der Waals surface area contributed by atoms with Crippen LogP contribution in [0, 0.1) is 6.92 Å². The van der Waals surface area contributed by atoms with Gasteiger partial charge in [0.2, 0.25) is 0 Å². The minimum atomic E-state index is -0.359. The van der Waals surface area contributed by atoms with Crippen LogP contribution in [0.25, 0.3) is 0 Å². The predicted molar refractivity (Wildman–Crippen MR) is 53.2 cm³/mol. The van der Waals surface area contributed by atoms with Crippen LogP contribution in [-0.4, -0.2) is 11.7 Å². The zero-order chi connectivity index (χ0) is 10.0. The van der Waals surface area contributed by atoms with Gasteiger partial charge >= 0.3 is 0 Å². The number of rotatable bonds is 2. The predicted octanol–water partition coefficient (Wildman–Crippen LogP) is 0.241. The first-order valence-electron chi connectivity index (χ1n) is 4.11. The maximum absolute atomic E-state index is 9.63. The van der Waals surface area contributed by atoms with Crippen LogP contribution in [0.1, 0.15) is 17.2 Å². The fourth-order valence-electron chi connectivity index (χ4n) is 1.25. The molecule has 0 heterocycles. The zero-order valence-electron chi connectivity index (χ0n) is 7.62. The van der Waals surface area contributed by atoms with Crippen LogP contribution in [0.2, 0.25) is 0 Å². The largest absolute Gasteiger partial charge is 0.507 e. The Morgan fingerprint density at radius 3 is 2.62 bits per heavy atom. The number of nitrogen functional groups attached to an aromatic ring is 1. The average Bonchev–Trinajstić information content (AvgIpc) is 2.10. The van der Waals surface area contributed by atoms with E-state index in [-0.39, 0.29) is 18.3 Å². The van der Waals surface area contributed by atoms with Crippen molar-refractivity contribution in [3.05, 3.63) is 23.3 Å². The molecule has 0 saturated carbocycles. The normalized spacial score (nSPS) is 12.8. The maximum atomic E-state index is 9.63. The highest BCUT2D eigenvalue weighted by Gasteiger charge is 2.11. The number of aryl methyl sites for hydroxylation is 1. The number of hydrogen-bond donors (Lipinski definition) is 4. The van der Waals surface area contributed by atoms with E-state index in [2.05, 4.69) is 0 Å². The summed E-state index contributed by atoms with van der Waals surface area (Å²) in [5.74, 6) is 0.187. The lowest BCUT2D eigenvalue weighted by Crippen LogP contribution is -2.21. The van der Waals surface area contributed by atoms with Crippen molar-refractivity contribution in [1.82, 2.24) is 0 Å². The first-order chi connectivity index (χ1) is 6.06. The molecule has 72 valence electrons. The Kier molecular flexibility index (Phi) is 2.75. The minimum Gasteiger partial charge on any atom is -0.507 e. The third kappa shape index (κ3) is 1.91. The summed E-state index contributed by atoms with van der Waals surface area (Å²) in [6.45, 7) is 2.06. The molecule has 1 aromatic rings. The zero-order valence-corrected chi connectivity index (χ0v) is 7.62. The second-order valence-electron chi connectivity index (χ2n) is 3.12. The number of phenols is 1. The van der Waals surface area contributed by atoms with Crippen molar-refractivity contribution in [2.24, 2.45) is 11.5 Å². The van der Waals surface area contributed by atoms with Gasteiger partial charge in [-0.05, 0) is 24.6 Å². The lowest BCUT2D eigenvalue weighted by atomic mass is 10.0. The molecule has 4 nitrogen and oxygen atoms in total. The number of aromatic hydroxyl groups is 1. The van der Waals surface area contributed by atoms with Gasteiger partial charge in [0.05, 0.1) is 0 Å². The molecule has 0 saturated heterocycles. The molecule has 7 N–H and O–H groups in total. The molecular weight excluding hydrogens is 166 g/mol. The van der Waals surface area contributed by atoms with E-state index in [9.17, 15) is 5.11 Å². The monoisotopic (exact) mass is 181 g/mol. The van der Waals surface area contributed by atoms with E-state index in [1.165, 1.54) is 0 Å². The van der Waals surface area contributed by atoms with Crippen LogP contribution in [0.15, 0.2) is 12.1 Å². The van der Waals surface area contributed by atoms with Gasteiger partial charge in [-0.15, -0.1) is 0 Å². The van der Waals surface area contributed by atoms with Gasteiger partial charge in [-0.3, -0.25) is 0 Å². The van der Waals surface area contributed by atoms with E-state index in [1.807, 2.05) is 0 Å². The molecule has 0 aliphatic carbocycles. The smallest absolute Gasteiger partial charge is 0.123 e. The molecule has 0 aliphatic heterocycles. The van der Waals surface area contributed by atoms with E-state index in [1.54, 1.807) is 19.1 Å². The van der Waals surface area contributed by atoms with Gasteiger partial charge in [-0.2, -0.15) is 0 Å². The fourth-order valence-corrected chi connectivity index (χ4v) is 1.25. The molecule has 0 amide bonds. The number of anilines is 1. The Morgan fingerprint density at radius 1 is 1.46 bits per heavy atom. The summed E-state index contributed by atoms with van der Waals surface area (Å²) >= 11 is 0. The van der Waals surface area contributed by atoms with Gasteiger partial charge in [0, 0.05) is 23.8 Å². The van der Waals surface area contributed by atoms with Crippen molar-refractivity contribution < 1.29 is 5.11 Å². The van der Waals surface area contributed by atoms with Crippen molar-refractivity contribution in [2.75, 3.05) is 12.3 Å². The third-order valence-electron chi connectivity index (χ3n) is 2.01. The number of phenolic OH excluding ortho intramolecular Hbond substituents is 1. The Morgan fingerprint density at radius 2 is 2.08 bits per heavy atom. The topological polar surface area (TPSA) is 98.3 Å². The summed E-state index contributed by atoms with van der Waals surface area (Å²) in [5, 5.41) is 9.63. The second-order valence-corrected chi connectivity index (χ2v) is 3.12. The summed E-state index contributed by atoms with van der Waals surface area (Å²) in [6.07, 6.45) is 0. The minimum absolute atomic E-state index is 0.187. The molecule has 4 heteroatoms. The Balaban J connectivity index is 3.20. The molecule has 0 fully saturated rings. The lowest BCUT2D eigenvalue weighted by molar-refractivity contribution is 0.458. The molecule has 0 spiro atoms. The quantitative estimate of drug-likeness (QED) is 0.388. The number of nitrogens with two attached hydrogens (primary N) is 3. The Bertz CT molecular complexity index is 312. The van der Waals surface area contributed by atoms with Gasteiger partial charge in [-0.25, -0.2) is 0 Å². The number of benzene rings is 1. The molecule has 1 rings (SSSR count). The summed E-state index contributed by atoms with van der Waals surface area (Å²) in [6, 6.07) is 2.99. The molecule has 0 aromatic heterocycles. The summed E-state index contributed by atoms with van der Waals surface area (Å²) < 4.78 is 0. The molecule has 0 unspecified atom stereocenters. The highest BCUT2D eigenvalue weighted by atomic mass is 16.3. The van der Waals surface area contributed by atoms with Crippen LogP contribution < -0.4 is 17.2 Å². The third-order valence-corrected chi connectivity index (χ3v) is 2.01. The molecular formula is C9H15N3O. The molecule has 0 radical (unpaired) electrons. The summed E-state index contributed by atoms with van der Waals surface area (Å²) in [4.78, 5) is 0. The molecule has 13 heavy (non-hydrogen) atoms. The fraction of sp³-hybridized carbons (Fsp3) is 0.333. The van der Waals surface area contributed by atoms with Gasteiger partial charge in [0.15, 0.2) is 0 Å². The van der Waals surface area contributed by atoms with Crippen LogP contribution in [0.4, 0.5) is 5.69 Å². The van der Waals surface area contributed by atoms with Crippen molar-refractivity contribution in [3.63, 3.8) is 0 Å². The Labute approximate surface area is 77.3 Å². The van der Waals surface area contributed by atoms with Crippen molar-refractivity contribution in [2.45, 2.75) is 13.0 Å². The Hall–Kier alpha value is -1.26. The second kappa shape index (κ2) is 3.64.